The van der Waals surface area contributed by atoms with Gasteiger partial charge in [0.1, 0.15) is 12.6 Å². The first-order valence-electron chi connectivity index (χ1n) is 13.5. The van der Waals surface area contributed by atoms with E-state index in [0.717, 1.165) is 21.9 Å². The minimum absolute atomic E-state index is 0.0574. The molecule has 2 amide bonds. The normalized spacial score (nSPS) is 12.1. The van der Waals surface area contributed by atoms with Gasteiger partial charge in [-0.2, -0.15) is 0 Å². The third-order valence-electron chi connectivity index (χ3n) is 6.74. The summed E-state index contributed by atoms with van der Waals surface area (Å²) >= 11 is 6.44. The van der Waals surface area contributed by atoms with Crippen molar-refractivity contribution in [2.45, 2.75) is 64.9 Å². The average Bonchev–Trinajstić information content (AvgIpc) is 2.92. The van der Waals surface area contributed by atoms with Crippen LogP contribution in [0, 0.1) is 20.8 Å². The summed E-state index contributed by atoms with van der Waals surface area (Å²) in [6.07, 6.45) is 1.09. The van der Waals surface area contributed by atoms with Crippen molar-refractivity contribution in [1.82, 2.24) is 10.2 Å². The summed E-state index contributed by atoms with van der Waals surface area (Å²) < 4.78 is 29.2. The molecule has 0 spiro atoms. The minimum atomic E-state index is -4.12. The number of amides is 2. The smallest absolute Gasteiger partial charge is 0.264 e. The summed E-state index contributed by atoms with van der Waals surface area (Å²) in [5.74, 6) is -0.793. The molecule has 0 aliphatic heterocycles. The van der Waals surface area contributed by atoms with E-state index in [1.165, 1.54) is 4.90 Å². The summed E-state index contributed by atoms with van der Waals surface area (Å²) in [6.45, 7) is 9.44. The van der Waals surface area contributed by atoms with Gasteiger partial charge in [0, 0.05) is 18.1 Å². The lowest BCUT2D eigenvalue weighted by Crippen LogP contribution is -2.52. The largest absolute Gasteiger partial charge is 0.354 e. The Hall–Kier alpha value is -3.36. The van der Waals surface area contributed by atoms with Gasteiger partial charge in [0.25, 0.3) is 10.0 Å². The third kappa shape index (κ3) is 7.43. The molecule has 214 valence electrons. The van der Waals surface area contributed by atoms with Crippen molar-refractivity contribution < 1.29 is 18.0 Å². The van der Waals surface area contributed by atoms with E-state index in [2.05, 4.69) is 5.32 Å². The molecule has 0 saturated carbocycles. The van der Waals surface area contributed by atoms with Crippen LogP contribution in [-0.2, 0) is 26.2 Å². The zero-order valence-electron chi connectivity index (χ0n) is 23.8. The fourth-order valence-electron chi connectivity index (χ4n) is 4.53. The van der Waals surface area contributed by atoms with Gasteiger partial charge < -0.3 is 10.2 Å². The topological polar surface area (TPSA) is 86.8 Å². The van der Waals surface area contributed by atoms with E-state index in [4.69, 9.17) is 11.6 Å². The Morgan fingerprint density at radius 3 is 2.17 bits per heavy atom. The van der Waals surface area contributed by atoms with Crippen LogP contribution in [0.4, 0.5) is 5.69 Å². The predicted molar refractivity (Wildman–Crippen MR) is 161 cm³/mol. The third-order valence-corrected chi connectivity index (χ3v) is 8.89. The van der Waals surface area contributed by atoms with Crippen LogP contribution < -0.4 is 9.62 Å². The lowest BCUT2D eigenvalue weighted by Gasteiger charge is -2.33. The molecule has 40 heavy (non-hydrogen) atoms. The zero-order valence-corrected chi connectivity index (χ0v) is 25.3. The molecule has 3 aromatic carbocycles. The van der Waals surface area contributed by atoms with Crippen LogP contribution >= 0.6 is 11.6 Å². The Balaban J connectivity index is 2.10. The zero-order chi connectivity index (χ0) is 29.4. The molecule has 0 radical (unpaired) electrons. The number of sulfonamides is 1. The highest BCUT2D eigenvalue weighted by atomic mass is 35.5. The summed E-state index contributed by atoms with van der Waals surface area (Å²) in [4.78, 5) is 28.8. The van der Waals surface area contributed by atoms with Crippen molar-refractivity contribution in [3.05, 3.63) is 94.0 Å². The molecule has 0 bridgehead atoms. The van der Waals surface area contributed by atoms with Crippen molar-refractivity contribution >= 4 is 39.1 Å². The van der Waals surface area contributed by atoms with Crippen LogP contribution in [0.15, 0.2) is 71.6 Å². The van der Waals surface area contributed by atoms with E-state index < -0.39 is 28.5 Å². The lowest BCUT2D eigenvalue weighted by atomic mass is 10.1. The highest BCUT2D eigenvalue weighted by Gasteiger charge is 2.34. The molecule has 0 aromatic heterocycles. The van der Waals surface area contributed by atoms with Crippen molar-refractivity contribution in [2.75, 3.05) is 17.4 Å². The molecule has 3 aromatic rings. The molecule has 0 saturated heterocycles. The maximum Gasteiger partial charge on any atom is 0.264 e. The summed E-state index contributed by atoms with van der Waals surface area (Å²) in [5.41, 5.74) is 3.68. The van der Waals surface area contributed by atoms with Gasteiger partial charge in [0.05, 0.1) is 10.6 Å². The molecule has 0 aliphatic carbocycles. The molecule has 0 fully saturated rings. The van der Waals surface area contributed by atoms with Crippen LogP contribution in [0.3, 0.4) is 0 Å². The molecule has 0 unspecified atom stereocenters. The molecule has 0 aliphatic rings. The molecular weight excluding hydrogens is 546 g/mol. The molecule has 1 atom stereocenters. The number of carbonyl (C=O) groups is 2. The molecular formula is C31H38ClN3O4S. The van der Waals surface area contributed by atoms with Crippen molar-refractivity contribution in [1.29, 1.82) is 0 Å². The number of benzene rings is 3. The summed E-state index contributed by atoms with van der Waals surface area (Å²) in [6, 6.07) is 18.3. The molecule has 9 heteroatoms. The van der Waals surface area contributed by atoms with E-state index in [1.807, 2.05) is 52.8 Å². The number of nitrogens with one attached hydrogen (secondary N) is 1. The van der Waals surface area contributed by atoms with Crippen molar-refractivity contribution in [3.8, 4) is 0 Å². The van der Waals surface area contributed by atoms with E-state index in [0.29, 0.717) is 34.8 Å². The van der Waals surface area contributed by atoms with E-state index >= 15 is 0 Å². The Morgan fingerprint density at radius 1 is 0.925 bits per heavy atom. The average molecular weight is 584 g/mol. The monoisotopic (exact) mass is 583 g/mol. The van der Waals surface area contributed by atoms with Crippen molar-refractivity contribution in [2.24, 2.45) is 0 Å². The Labute approximate surface area is 243 Å². The van der Waals surface area contributed by atoms with E-state index in [9.17, 15) is 18.0 Å². The van der Waals surface area contributed by atoms with Gasteiger partial charge in [0.15, 0.2) is 0 Å². The fraction of sp³-hybridized carbons (Fsp3) is 0.355. The Morgan fingerprint density at radius 2 is 1.57 bits per heavy atom. The number of halogens is 1. The SMILES string of the molecule is CCCNC(=O)[C@@H](CC)N(Cc1ccccc1Cl)C(=O)CN(c1ccc(C)cc1C)S(=O)(=O)c1ccc(C)cc1. The number of anilines is 1. The van der Waals surface area contributed by atoms with Crippen LogP contribution in [0.1, 0.15) is 48.9 Å². The first kappa shape index (κ1) is 31.2. The maximum atomic E-state index is 14.1. The van der Waals surface area contributed by atoms with Gasteiger partial charge >= 0.3 is 0 Å². The van der Waals surface area contributed by atoms with Crippen molar-refractivity contribution in [3.63, 3.8) is 0 Å². The molecule has 1 N–H and O–H groups in total. The predicted octanol–water partition coefficient (Wildman–Crippen LogP) is 5.79. The first-order chi connectivity index (χ1) is 19.0. The van der Waals surface area contributed by atoms with Gasteiger partial charge in [0.2, 0.25) is 11.8 Å². The van der Waals surface area contributed by atoms with Gasteiger partial charge in [-0.25, -0.2) is 8.42 Å². The van der Waals surface area contributed by atoms with Crippen LogP contribution in [0.25, 0.3) is 0 Å². The Bertz CT molecular complexity index is 1440. The second-order valence-corrected chi connectivity index (χ2v) is 12.2. The number of rotatable bonds is 12. The number of aryl methyl sites for hydroxylation is 3. The van der Waals surface area contributed by atoms with E-state index in [1.54, 1.807) is 48.5 Å². The number of carbonyl (C=O) groups excluding carboxylic acids is 2. The molecule has 0 heterocycles. The summed E-state index contributed by atoms with van der Waals surface area (Å²) in [7, 11) is -4.12. The minimum Gasteiger partial charge on any atom is -0.354 e. The highest BCUT2D eigenvalue weighted by Crippen LogP contribution is 2.29. The first-order valence-corrected chi connectivity index (χ1v) is 15.3. The van der Waals surface area contributed by atoms with Crippen LogP contribution in [0.2, 0.25) is 5.02 Å². The Kier molecular flexibility index (Phi) is 10.8. The number of nitrogens with zero attached hydrogens (tertiary/aromatic N) is 2. The van der Waals surface area contributed by atoms with Crippen LogP contribution in [-0.4, -0.2) is 44.3 Å². The highest BCUT2D eigenvalue weighted by molar-refractivity contribution is 7.92. The number of hydrogen-bond donors (Lipinski definition) is 1. The fourth-order valence-corrected chi connectivity index (χ4v) is 6.21. The van der Waals surface area contributed by atoms with E-state index in [-0.39, 0.29) is 17.3 Å². The quantitative estimate of drug-likeness (QED) is 0.292. The maximum absolute atomic E-state index is 14.1. The lowest BCUT2D eigenvalue weighted by molar-refractivity contribution is -0.140. The molecule has 3 rings (SSSR count). The second-order valence-electron chi connectivity index (χ2n) is 9.94. The van der Waals surface area contributed by atoms with Gasteiger partial charge in [-0.3, -0.25) is 13.9 Å². The van der Waals surface area contributed by atoms with Crippen LogP contribution in [0.5, 0.6) is 0 Å². The standard InChI is InChI=1S/C31H38ClN3O4S/c1-6-18-33-31(37)28(7-2)34(20-25-10-8-9-11-27(25)32)30(36)21-35(29-17-14-23(4)19-24(29)5)40(38,39)26-15-12-22(3)13-16-26/h8-17,19,28H,6-7,18,20-21H2,1-5H3,(H,33,37)/t28-/m1/s1. The van der Waals surface area contributed by atoms with Gasteiger partial charge in [-0.05, 0) is 69.0 Å². The summed E-state index contributed by atoms with van der Waals surface area (Å²) in [5, 5.41) is 3.34. The number of hydrogen-bond acceptors (Lipinski definition) is 4. The van der Waals surface area contributed by atoms with Gasteiger partial charge in [-0.15, -0.1) is 0 Å². The molecule has 7 nitrogen and oxygen atoms in total. The second kappa shape index (κ2) is 13.8. The van der Waals surface area contributed by atoms with Gasteiger partial charge in [-0.1, -0.05) is 79.0 Å².